The number of allylic oxidation sites excluding steroid dienone is 1. The van der Waals surface area contributed by atoms with Gasteiger partial charge in [-0.05, 0) is 12.1 Å². The van der Waals surface area contributed by atoms with Crippen LogP contribution in [0.3, 0.4) is 0 Å². The monoisotopic (exact) mass is 190 g/mol. The standard InChI is InChI=1S/C12H14O2/c1-8-4-5-9-10(13-2)6-7-11(14-3)12(8)9/h4-8H,1-3H3. The molecule has 0 radical (unpaired) electrons. The van der Waals surface area contributed by atoms with Gasteiger partial charge in [-0.25, -0.2) is 0 Å². The van der Waals surface area contributed by atoms with Crippen LogP contribution in [-0.4, -0.2) is 14.2 Å². The van der Waals surface area contributed by atoms with Crippen LogP contribution in [0.15, 0.2) is 18.2 Å². The van der Waals surface area contributed by atoms with E-state index in [-0.39, 0.29) is 0 Å². The van der Waals surface area contributed by atoms with E-state index in [0.717, 1.165) is 17.1 Å². The molecule has 0 bridgehead atoms. The number of hydrogen-bond donors (Lipinski definition) is 0. The van der Waals surface area contributed by atoms with Gasteiger partial charge >= 0.3 is 0 Å². The molecule has 0 heterocycles. The van der Waals surface area contributed by atoms with Gasteiger partial charge in [0, 0.05) is 17.0 Å². The number of benzene rings is 1. The van der Waals surface area contributed by atoms with Crippen molar-refractivity contribution in [3.8, 4) is 11.5 Å². The van der Waals surface area contributed by atoms with E-state index in [0.29, 0.717) is 5.92 Å². The first-order chi connectivity index (χ1) is 6.77. The molecule has 1 aliphatic carbocycles. The highest BCUT2D eigenvalue weighted by Gasteiger charge is 2.21. The van der Waals surface area contributed by atoms with Gasteiger partial charge in [-0.2, -0.15) is 0 Å². The van der Waals surface area contributed by atoms with E-state index >= 15 is 0 Å². The Morgan fingerprint density at radius 1 is 1.07 bits per heavy atom. The van der Waals surface area contributed by atoms with Crippen molar-refractivity contribution in [3.63, 3.8) is 0 Å². The topological polar surface area (TPSA) is 18.5 Å². The molecule has 0 amide bonds. The molecule has 0 N–H and O–H groups in total. The van der Waals surface area contributed by atoms with E-state index in [4.69, 9.17) is 9.47 Å². The Kier molecular flexibility index (Phi) is 2.20. The Hall–Kier alpha value is -1.44. The molecule has 2 rings (SSSR count). The summed E-state index contributed by atoms with van der Waals surface area (Å²) >= 11 is 0. The lowest BCUT2D eigenvalue weighted by atomic mass is 10.0. The van der Waals surface area contributed by atoms with Crippen molar-refractivity contribution in [2.24, 2.45) is 0 Å². The summed E-state index contributed by atoms with van der Waals surface area (Å²) in [6.07, 6.45) is 4.26. The summed E-state index contributed by atoms with van der Waals surface area (Å²) in [7, 11) is 3.39. The Morgan fingerprint density at radius 3 is 2.36 bits per heavy atom. The van der Waals surface area contributed by atoms with Gasteiger partial charge in [0.2, 0.25) is 0 Å². The van der Waals surface area contributed by atoms with E-state index < -0.39 is 0 Å². The van der Waals surface area contributed by atoms with Crippen molar-refractivity contribution in [1.82, 2.24) is 0 Å². The number of ether oxygens (including phenoxy) is 2. The van der Waals surface area contributed by atoms with Crippen LogP contribution >= 0.6 is 0 Å². The predicted molar refractivity (Wildman–Crippen MR) is 57.0 cm³/mol. The first kappa shape index (κ1) is 9.13. The lowest BCUT2D eigenvalue weighted by Gasteiger charge is -2.13. The highest BCUT2D eigenvalue weighted by atomic mass is 16.5. The molecule has 14 heavy (non-hydrogen) atoms. The third-order valence-electron chi connectivity index (χ3n) is 2.65. The van der Waals surface area contributed by atoms with Gasteiger partial charge in [0.25, 0.3) is 0 Å². The molecule has 1 aromatic carbocycles. The minimum atomic E-state index is 0.412. The largest absolute Gasteiger partial charge is 0.496 e. The third kappa shape index (κ3) is 1.18. The van der Waals surface area contributed by atoms with Crippen LogP contribution in [0.25, 0.3) is 6.08 Å². The van der Waals surface area contributed by atoms with Crippen LogP contribution in [0.1, 0.15) is 24.0 Å². The summed E-state index contributed by atoms with van der Waals surface area (Å²) in [6.45, 7) is 2.16. The van der Waals surface area contributed by atoms with E-state index in [2.05, 4.69) is 19.1 Å². The van der Waals surface area contributed by atoms with Crippen molar-refractivity contribution in [1.29, 1.82) is 0 Å². The molecule has 0 spiro atoms. The van der Waals surface area contributed by atoms with Gasteiger partial charge in [0.05, 0.1) is 14.2 Å². The summed E-state index contributed by atoms with van der Waals surface area (Å²) in [5, 5.41) is 0. The van der Waals surface area contributed by atoms with E-state index in [1.54, 1.807) is 14.2 Å². The SMILES string of the molecule is COc1ccc(OC)c2c1C=CC2C. The van der Waals surface area contributed by atoms with E-state index in [1.165, 1.54) is 5.56 Å². The molecule has 0 saturated heterocycles. The number of fused-ring (bicyclic) bond motifs is 1. The van der Waals surface area contributed by atoms with Gasteiger partial charge < -0.3 is 9.47 Å². The molecule has 0 saturated carbocycles. The van der Waals surface area contributed by atoms with Crippen LogP contribution < -0.4 is 9.47 Å². The van der Waals surface area contributed by atoms with Crippen molar-refractivity contribution >= 4 is 6.08 Å². The normalized spacial score (nSPS) is 18.1. The first-order valence-electron chi connectivity index (χ1n) is 4.71. The Morgan fingerprint density at radius 2 is 1.71 bits per heavy atom. The zero-order valence-corrected chi connectivity index (χ0v) is 8.70. The van der Waals surface area contributed by atoms with Gasteiger partial charge in [-0.3, -0.25) is 0 Å². The van der Waals surface area contributed by atoms with Gasteiger partial charge in [0.1, 0.15) is 11.5 Å². The molecule has 2 heteroatoms. The van der Waals surface area contributed by atoms with Crippen LogP contribution in [0.2, 0.25) is 0 Å². The van der Waals surface area contributed by atoms with E-state index in [1.807, 2.05) is 12.1 Å². The highest BCUT2D eigenvalue weighted by Crippen LogP contribution is 2.41. The summed E-state index contributed by atoms with van der Waals surface area (Å²) in [6, 6.07) is 3.90. The fraction of sp³-hybridized carbons (Fsp3) is 0.333. The average Bonchev–Trinajstić information content (AvgIpc) is 2.60. The Labute approximate surface area is 84.2 Å². The maximum absolute atomic E-state index is 5.33. The Balaban J connectivity index is 2.61. The summed E-state index contributed by atoms with van der Waals surface area (Å²) in [5.74, 6) is 2.27. The molecule has 2 nitrogen and oxygen atoms in total. The lowest BCUT2D eigenvalue weighted by molar-refractivity contribution is 0.398. The second kappa shape index (κ2) is 3.37. The maximum atomic E-state index is 5.33. The van der Waals surface area contributed by atoms with Gasteiger partial charge in [-0.1, -0.05) is 19.1 Å². The van der Waals surface area contributed by atoms with Crippen LogP contribution in [0.4, 0.5) is 0 Å². The van der Waals surface area contributed by atoms with Crippen molar-refractivity contribution in [2.75, 3.05) is 14.2 Å². The zero-order valence-electron chi connectivity index (χ0n) is 8.70. The van der Waals surface area contributed by atoms with Gasteiger partial charge in [0.15, 0.2) is 0 Å². The minimum absolute atomic E-state index is 0.412. The summed E-state index contributed by atoms with van der Waals surface area (Å²) in [5.41, 5.74) is 2.38. The molecule has 0 aromatic heterocycles. The summed E-state index contributed by atoms with van der Waals surface area (Å²) < 4.78 is 10.6. The number of methoxy groups -OCH3 is 2. The molecule has 0 fully saturated rings. The van der Waals surface area contributed by atoms with Crippen LogP contribution in [0.5, 0.6) is 11.5 Å². The molecule has 74 valence electrons. The molecule has 0 aliphatic heterocycles. The second-order valence-corrected chi connectivity index (χ2v) is 3.45. The molecule has 1 atom stereocenters. The first-order valence-corrected chi connectivity index (χ1v) is 4.71. The van der Waals surface area contributed by atoms with Crippen molar-refractivity contribution in [2.45, 2.75) is 12.8 Å². The van der Waals surface area contributed by atoms with Crippen LogP contribution in [-0.2, 0) is 0 Å². The lowest BCUT2D eigenvalue weighted by Crippen LogP contribution is -1.96. The average molecular weight is 190 g/mol. The predicted octanol–water partition coefficient (Wildman–Crippen LogP) is 2.83. The molecular formula is C12H14O2. The molecular weight excluding hydrogens is 176 g/mol. The fourth-order valence-electron chi connectivity index (χ4n) is 1.93. The smallest absolute Gasteiger partial charge is 0.126 e. The number of rotatable bonds is 2. The fourth-order valence-corrected chi connectivity index (χ4v) is 1.93. The molecule has 1 aromatic rings. The van der Waals surface area contributed by atoms with E-state index in [9.17, 15) is 0 Å². The highest BCUT2D eigenvalue weighted by molar-refractivity contribution is 5.71. The molecule has 1 aliphatic rings. The van der Waals surface area contributed by atoms with Crippen molar-refractivity contribution < 1.29 is 9.47 Å². The summed E-state index contributed by atoms with van der Waals surface area (Å²) in [4.78, 5) is 0. The quantitative estimate of drug-likeness (QED) is 0.714. The number of hydrogen-bond acceptors (Lipinski definition) is 2. The minimum Gasteiger partial charge on any atom is -0.496 e. The van der Waals surface area contributed by atoms with Crippen molar-refractivity contribution in [3.05, 3.63) is 29.3 Å². The maximum Gasteiger partial charge on any atom is 0.126 e. The Bertz CT molecular complexity index is 380. The third-order valence-corrected chi connectivity index (χ3v) is 2.65. The molecule has 1 unspecified atom stereocenters. The second-order valence-electron chi connectivity index (χ2n) is 3.45. The van der Waals surface area contributed by atoms with Gasteiger partial charge in [-0.15, -0.1) is 0 Å². The van der Waals surface area contributed by atoms with Crippen LogP contribution in [0, 0.1) is 0 Å². The zero-order chi connectivity index (χ0) is 10.1.